The number of rotatable bonds is 8. The van der Waals surface area contributed by atoms with Gasteiger partial charge in [-0.2, -0.15) is 0 Å². The Hall–Kier alpha value is -2.91. The smallest absolute Gasteiger partial charge is 0.275 e. The predicted octanol–water partition coefficient (Wildman–Crippen LogP) is 3.15. The van der Waals surface area contributed by atoms with Gasteiger partial charge in [0.1, 0.15) is 13.1 Å². The zero-order valence-corrected chi connectivity index (χ0v) is 15.8. The van der Waals surface area contributed by atoms with Crippen molar-refractivity contribution in [1.82, 2.24) is 5.32 Å². The molecule has 1 atom stereocenters. The fraction of sp³-hybridized carbons (Fsp3) is 0.208. The molecule has 138 valence electrons. The lowest BCUT2D eigenvalue weighted by Gasteiger charge is -2.21. The lowest BCUT2D eigenvalue weighted by molar-refractivity contribution is -0.919. The molecule has 3 rings (SSSR count). The van der Waals surface area contributed by atoms with Crippen molar-refractivity contribution < 1.29 is 9.69 Å². The minimum Gasteiger partial charge on any atom is -0.345 e. The number of hydrogen-bond acceptors (Lipinski definition) is 1. The summed E-state index contributed by atoms with van der Waals surface area (Å²) in [6.07, 6.45) is 0. The second kappa shape index (κ2) is 9.70. The van der Waals surface area contributed by atoms with Crippen molar-refractivity contribution in [2.45, 2.75) is 26.1 Å². The lowest BCUT2D eigenvalue weighted by atomic mass is 10.1. The van der Waals surface area contributed by atoms with Gasteiger partial charge < -0.3 is 10.2 Å². The molecular weight excluding hydrogens is 332 g/mol. The van der Waals surface area contributed by atoms with E-state index in [1.54, 1.807) is 0 Å². The van der Waals surface area contributed by atoms with Gasteiger partial charge in [-0.15, -0.1) is 0 Å². The number of benzene rings is 3. The summed E-state index contributed by atoms with van der Waals surface area (Å²) in [5.41, 5.74) is 3.61. The van der Waals surface area contributed by atoms with Crippen LogP contribution in [0.2, 0.25) is 0 Å². The molecule has 3 aromatic carbocycles. The molecular formula is C24H27N2O+. The first kappa shape index (κ1) is 18.9. The maximum atomic E-state index is 12.7. The van der Waals surface area contributed by atoms with Crippen LogP contribution in [0.5, 0.6) is 0 Å². The van der Waals surface area contributed by atoms with Crippen molar-refractivity contribution in [2.75, 3.05) is 6.54 Å². The van der Waals surface area contributed by atoms with Crippen LogP contribution in [0.3, 0.4) is 0 Å². The number of hydrogen-bond donors (Lipinski definition) is 2. The van der Waals surface area contributed by atoms with Gasteiger partial charge in [0.2, 0.25) is 0 Å². The Balaban J connectivity index is 1.65. The van der Waals surface area contributed by atoms with Crippen molar-refractivity contribution >= 4 is 5.91 Å². The number of nitrogens with one attached hydrogen (secondary N) is 2. The monoisotopic (exact) mass is 359 g/mol. The SMILES string of the molecule is C[C@@H](NC(=O)C[NH+](Cc1ccccc1)Cc1ccccc1)c1ccccc1. The fourth-order valence-electron chi connectivity index (χ4n) is 3.30. The molecule has 0 aliphatic rings. The van der Waals surface area contributed by atoms with E-state index in [0.717, 1.165) is 18.7 Å². The Bertz CT molecular complexity index is 777. The van der Waals surface area contributed by atoms with Crippen molar-refractivity contribution in [3.8, 4) is 0 Å². The summed E-state index contributed by atoms with van der Waals surface area (Å²) in [4.78, 5) is 13.9. The highest BCUT2D eigenvalue weighted by atomic mass is 16.2. The van der Waals surface area contributed by atoms with E-state index in [1.807, 2.05) is 73.7 Å². The highest BCUT2D eigenvalue weighted by Crippen LogP contribution is 2.10. The topological polar surface area (TPSA) is 33.5 Å². The van der Waals surface area contributed by atoms with Gasteiger partial charge in [-0.25, -0.2) is 0 Å². The molecule has 0 radical (unpaired) electrons. The standard InChI is InChI=1S/C24H26N2O/c1-20(23-15-9-4-10-16-23)25-24(27)19-26(17-21-11-5-2-6-12-21)18-22-13-7-3-8-14-22/h2-16,20H,17-19H2,1H3,(H,25,27)/p+1/t20-/m1/s1. The molecule has 3 aromatic rings. The van der Waals surface area contributed by atoms with Crippen LogP contribution < -0.4 is 10.2 Å². The van der Waals surface area contributed by atoms with Gasteiger partial charge in [0.05, 0.1) is 6.04 Å². The Morgan fingerprint density at radius 1 is 0.778 bits per heavy atom. The quantitative estimate of drug-likeness (QED) is 0.636. The zero-order chi connectivity index (χ0) is 18.9. The summed E-state index contributed by atoms with van der Waals surface area (Å²) in [5.74, 6) is 0.0771. The molecule has 0 saturated carbocycles. The summed E-state index contributed by atoms with van der Waals surface area (Å²) >= 11 is 0. The van der Waals surface area contributed by atoms with Gasteiger partial charge in [0.15, 0.2) is 6.54 Å². The van der Waals surface area contributed by atoms with Crippen LogP contribution in [0.25, 0.3) is 0 Å². The fourth-order valence-corrected chi connectivity index (χ4v) is 3.30. The van der Waals surface area contributed by atoms with E-state index < -0.39 is 0 Å². The molecule has 1 amide bonds. The first-order valence-corrected chi connectivity index (χ1v) is 9.46. The second-order valence-electron chi connectivity index (χ2n) is 6.95. The molecule has 0 aliphatic carbocycles. The van der Waals surface area contributed by atoms with Crippen molar-refractivity contribution in [2.24, 2.45) is 0 Å². The normalized spacial score (nSPS) is 11.9. The minimum atomic E-state index is 0.00778. The maximum Gasteiger partial charge on any atom is 0.275 e. The van der Waals surface area contributed by atoms with Gasteiger partial charge in [-0.3, -0.25) is 4.79 Å². The lowest BCUT2D eigenvalue weighted by Crippen LogP contribution is -3.10. The summed E-state index contributed by atoms with van der Waals surface area (Å²) in [6.45, 7) is 4.12. The second-order valence-corrected chi connectivity index (χ2v) is 6.95. The molecule has 0 aromatic heterocycles. The molecule has 3 heteroatoms. The van der Waals surface area contributed by atoms with E-state index in [9.17, 15) is 4.79 Å². The Kier molecular flexibility index (Phi) is 6.78. The number of quaternary nitrogens is 1. The Labute approximate surface area is 161 Å². The summed E-state index contributed by atoms with van der Waals surface area (Å²) in [5, 5.41) is 3.14. The summed E-state index contributed by atoms with van der Waals surface area (Å²) < 4.78 is 0. The van der Waals surface area contributed by atoms with E-state index in [2.05, 4.69) is 29.6 Å². The van der Waals surface area contributed by atoms with Crippen LogP contribution in [0.4, 0.5) is 0 Å². The molecule has 0 unspecified atom stereocenters. The predicted molar refractivity (Wildman–Crippen MR) is 109 cm³/mol. The molecule has 0 spiro atoms. The van der Waals surface area contributed by atoms with Crippen molar-refractivity contribution in [3.63, 3.8) is 0 Å². The summed E-state index contributed by atoms with van der Waals surface area (Å²) in [6, 6.07) is 30.8. The Morgan fingerprint density at radius 3 is 1.70 bits per heavy atom. The van der Waals surface area contributed by atoms with Crippen LogP contribution in [0.15, 0.2) is 91.0 Å². The van der Waals surface area contributed by atoms with Gasteiger partial charge in [0.25, 0.3) is 5.91 Å². The molecule has 27 heavy (non-hydrogen) atoms. The highest BCUT2D eigenvalue weighted by Gasteiger charge is 2.17. The van der Waals surface area contributed by atoms with Crippen LogP contribution in [0.1, 0.15) is 29.7 Å². The third kappa shape index (κ3) is 6.08. The van der Waals surface area contributed by atoms with Gasteiger partial charge in [-0.1, -0.05) is 91.0 Å². The first-order chi connectivity index (χ1) is 13.2. The van der Waals surface area contributed by atoms with Crippen LogP contribution >= 0.6 is 0 Å². The van der Waals surface area contributed by atoms with E-state index in [-0.39, 0.29) is 11.9 Å². The van der Waals surface area contributed by atoms with Crippen molar-refractivity contribution in [1.29, 1.82) is 0 Å². The van der Waals surface area contributed by atoms with Gasteiger partial charge in [-0.05, 0) is 12.5 Å². The van der Waals surface area contributed by atoms with Gasteiger partial charge >= 0.3 is 0 Å². The molecule has 0 bridgehead atoms. The number of amides is 1. The van der Waals surface area contributed by atoms with Gasteiger partial charge in [0, 0.05) is 11.1 Å². The highest BCUT2D eigenvalue weighted by molar-refractivity contribution is 5.77. The average molecular weight is 359 g/mol. The maximum absolute atomic E-state index is 12.7. The molecule has 0 heterocycles. The molecule has 0 fully saturated rings. The van der Waals surface area contributed by atoms with Crippen molar-refractivity contribution in [3.05, 3.63) is 108 Å². The zero-order valence-electron chi connectivity index (χ0n) is 15.8. The largest absolute Gasteiger partial charge is 0.345 e. The first-order valence-electron chi connectivity index (χ1n) is 9.46. The van der Waals surface area contributed by atoms with E-state index in [1.165, 1.54) is 16.0 Å². The third-order valence-electron chi connectivity index (χ3n) is 4.68. The minimum absolute atomic E-state index is 0.00778. The number of carbonyl (C=O) groups excluding carboxylic acids is 1. The molecule has 2 N–H and O–H groups in total. The third-order valence-corrected chi connectivity index (χ3v) is 4.68. The van der Waals surface area contributed by atoms with E-state index >= 15 is 0 Å². The number of carbonyl (C=O) groups is 1. The van der Waals surface area contributed by atoms with Crippen LogP contribution in [0, 0.1) is 0 Å². The van der Waals surface area contributed by atoms with Crippen LogP contribution in [-0.2, 0) is 17.9 Å². The molecule has 3 nitrogen and oxygen atoms in total. The van der Waals surface area contributed by atoms with E-state index in [0.29, 0.717) is 6.54 Å². The molecule has 0 aliphatic heterocycles. The average Bonchev–Trinajstić information content (AvgIpc) is 2.70. The molecule has 0 saturated heterocycles. The van der Waals surface area contributed by atoms with Crippen LogP contribution in [-0.4, -0.2) is 12.5 Å². The summed E-state index contributed by atoms with van der Waals surface area (Å²) in [7, 11) is 0. The Morgan fingerprint density at radius 2 is 1.22 bits per heavy atom. The van der Waals surface area contributed by atoms with E-state index in [4.69, 9.17) is 0 Å².